The summed E-state index contributed by atoms with van der Waals surface area (Å²) in [5, 5.41) is 5.02. The molecule has 0 aliphatic carbocycles. The minimum absolute atomic E-state index is 0.197. The fourth-order valence-corrected chi connectivity index (χ4v) is 2.02. The second-order valence-electron chi connectivity index (χ2n) is 4.47. The van der Waals surface area contributed by atoms with Gasteiger partial charge in [-0.05, 0) is 14.0 Å². The predicted octanol–water partition coefficient (Wildman–Crippen LogP) is 1.74. The predicted molar refractivity (Wildman–Crippen MR) is 75.2 cm³/mol. The lowest BCUT2D eigenvalue weighted by atomic mass is 10.1. The summed E-state index contributed by atoms with van der Waals surface area (Å²) in [6.45, 7) is 5.48. The van der Waals surface area contributed by atoms with Crippen molar-refractivity contribution < 1.29 is 0 Å². The van der Waals surface area contributed by atoms with Crippen molar-refractivity contribution >= 4 is 28.8 Å². The fraction of sp³-hybridized carbons (Fsp3) is 0.636. The molecule has 1 atom stereocenters. The lowest BCUT2D eigenvalue weighted by molar-refractivity contribution is 0.299. The van der Waals surface area contributed by atoms with Crippen molar-refractivity contribution in [3.8, 4) is 0 Å². The van der Waals surface area contributed by atoms with E-state index in [0.717, 1.165) is 29.5 Å². The molecule has 1 unspecified atom stereocenters. The van der Waals surface area contributed by atoms with E-state index in [4.69, 9.17) is 29.6 Å². The van der Waals surface area contributed by atoms with E-state index in [1.807, 2.05) is 32.6 Å². The van der Waals surface area contributed by atoms with E-state index in [9.17, 15) is 0 Å². The molecular formula is C11H19ClN4S. The first-order chi connectivity index (χ1) is 7.82. The van der Waals surface area contributed by atoms with Crippen molar-refractivity contribution in [3.05, 3.63) is 16.4 Å². The second kappa shape index (κ2) is 5.80. The second-order valence-corrected chi connectivity index (χ2v) is 5.32. The van der Waals surface area contributed by atoms with Crippen molar-refractivity contribution in [1.82, 2.24) is 14.7 Å². The van der Waals surface area contributed by atoms with Crippen LogP contribution in [0.4, 0.5) is 0 Å². The number of nitrogens with zero attached hydrogens (tertiary/aromatic N) is 3. The van der Waals surface area contributed by atoms with Crippen LogP contribution >= 0.6 is 23.8 Å². The van der Waals surface area contributed by atoms with Crippen LogP contribution in [0.3, 0.4) is 0 Å². The summed E-state index contributed by atoms with van der Waals surface area (Å²) >= 11 is 11.2. The Morgan fingerprint density at radius 1 is 1.65 bits per heavy atom. The van der Waals surface area contributed by atoms with Gasteiger partial charge in [0.2, 0.25) is 0 Å². The molecule has 1 aromatic heterocycles. The van der Waals surface area contributed by atoms with Crippen molar-refractivity contribution in [1.29, 1.82) is 0 Å². The van der Waals surface area contributed by atoms with Gasteiger partial charge >= 0.3 is 0 Å². The highest BCUT2D eigenvalue weighted by Gasteiger charge is 2.15. The largest absolute Gasteiger partial charge is 0.393 e. The Kier molecular flexibility index (Phi) is 4.91. The van der Waals surface area contributed by atoms with Gasteiger partial charge in [-0.1, -0.05) is 30.7 Å². The van der Waals surface area contributed by atoms with E-state index in [0.29, 0.717) is 4.99 Å². The van der Waals surface area contributed by atoms with Gasteiger partial charge in [-0.3, -0.25) is 9.58 Å². The first-order valence-electron chi connectivity index (χ1n) is 5.48. The highest BCUT2D eigenvalue weighted by molar-refractivity contribution is 7.80. The molecule has 0 amide bonds. The van der Waals surface area contributed by atoms with Crippen LogP contribution in [0.25, 0.3) is 0 Å². The van der Waals surface area contributed by atoms with Crippen LogP contribution < -0.4 is 5.73 Å². The summed E-state index contributed by atoms with van der Waals surface area (Å²) in [6.07, 6.45) is 0. The molecule has 0 saturated heterocycles. The van der Waals surface area contributed by atoms with Gasteiger partial charge in [0.1, 0.15) is 0 Å². The van der Waals surface area contributed by atoms with Crippen LogP contribution in [0.1, 0.15) is 18.3 Å². The molecule has 0 aliphatic heterocycles. The molecular weight excluding hydrogens is 256 g/mol. The van der Waals surface area contributed by atoms with Crippen LogP contribution in [0.15, 0.2) is 0 Å². The number of thiocarbonyl (C=S) groups is 1. The standard InChI is InChI=1S/C11H19ClN4S/c1-7(11(13)17)5-15(3)6-9-10(12)8(2)14-16(9)4/h7H,5-6H2,1-4H3,(H2,13,17). The zero-order valence-corrected chi connectivity index (χ0v) is 12.3. The van der Waals surface area contributed by atoms with Crippen LogP contribution in [-0.2, 0) is 13.6 Å². The van der Waals surface area contributed by atoms with Gasteiger partial charge in [0, 0.05) is 26.1 Å². The van der Waals surface area contributed by atoms with Crippen molar-refractivity contribution in [2.75, 3.05) is 13.6 Å². The smallest absolute Gasteiger partial charge is 0.0860 e. The third kappa shape index (κ3) is 3.66. The highest BCUT2D eigenvalue weighted by atomic mass is 35.5. The van der Waals surface area contributed by atoms with Gasteiger partial charge in [-0.25, -0.2) is 0 Å². The first kappa shape index (κ1) is 14.4. The van der Waals surface area contributed by atoms with E-state index >= 15 is 0 Å². The van der Waals surface area contributed by atoms with Gasteiger partial charge in [-0.15, -0.1) is 0 Å². The van der Waals surface area contributed by atoms with E-state index in [1.165, 1.54) is 0 Å². The highest BCUT2D eigenvalue weighted by Crippen LogP contribution is 2.20. The molecule has 0 saturated carbocycles. The maximum atomic E-state index is 6.20. The van der Waals surface area contributed by atoms with Crippen molar-refractivity contribution in [2.24, 2.45) is 18.7 Å². The Morgan fingerprint density at radius 2 is 2.24 bits per heavy atom. The van der Waals surface area contributed by atoms with Crippen LogP contribution in [0.5, 0.6) is 0 Å². The number of hydrogen-bond acceptors (Lipinski definition) is 3. The molecule has 0 aromatic carbocycles. The summed E-state index contributed by atoms with van der Waals surface area (Å²) in [7, 11) is 3.92. The maximum Gasteiger partial charge on any atom is 0.0860 e. The molecule has 0 aliphatic rings. The van der Waals surface area contributed by atoms with Gasteiger partial charge in [0.15, 0.2) is 0 Å². The Bertz CT molecular complexity index is 416. The number of nitrogens with two attached hydrogens (primary N) is 1. The summed E-state index contributed by atoms with van der Waals surface area (Å²) in [5.41, 5.74) is 7.48. The van der Waals surface area contributed by atoms with E-state index in [-0.39, 0.29) is 5.92 Å². The molecule has 0 spiro atoms. The van der Waals surface area contributed by atoms with Gasteiger partial charge in [-0.2, -0.15) is 5.10 Å². The quantitative estimate of drug-likeness (QED) is 0.831. The lowest BCUT2D eigenvalue weighted by Gasteiger charge is -2.20. The lowest BCUT2D eigenvalue weighted by Crippen LogP contribution is -2.31. The average molecular weight is 275 g/mol. The van der Waals surface area contributed by atoms with Gasteiger partial charge in [0.05, 0.1) is 21.4 Å². The third-order valence-corrected chi connectivity index (χ3v) is 3.65. The molecule has 0 fully saturated rings. The number of rotatable bonds is 5. The number of aromatic nitrogens is 2. The van der Waals surface area contributed by atoms with Gasteiger partial charge in [0.25, 0.3) is 0 Å². The zero-order valence-electron chi connectivity index (χ0n) is 10.7. The number of aryl methyl sites for hydroxylation is 2. The molecule has 0 radical (unpaired) electrons. The summed E-state index contributed by atoms with van der Waals surface area (Å²) < 4.78 is 1.82. The molecule has 1 aromatic rings. The molecule has 2 N–H and O–H groups in total. The first-order valence-corrected chi connectivity index (χ1v) is 6.27. The van der Waals surface area contributed by atoms with Crippen molar-refractivity contribution in [3.63, 3.8) is 0 Å². The molecule has 0 bridgehead atoms. The minimum atomic E-state index is 0.197. The number of hydrogen-bond donors (Lipinski definition) is 1. The summed E-state index contributed by atoms with van der Waals surface area (Å²) in [4.78, 5) is 2.69. The topological polar surface area (TPSA) is 47.1 Å². The third-order valence-electron chi connectivity index (χ3n) is 2.75. The minimum Gasteiger partial charge on any atom is -0.393 e. The Balaban J connectivity index is 2.68. The van der Waals surface area contributed by atoms with E-state index in [1.54, 1.807) is 0 Å². The Morgan fingerprint density at radius 3 is 2.65 bits per heavy atom. The SMILES string of the molecule is Cc1nn(C)c(CN(C)CC(C)C(N)=S)c1Cl. The van der Waals surface area contributed by atoms with Gasteiger partial charge < -0.3 is 5.73 Å². The van der Waals surface area contributed by atoms with Crippen LogP contribution in [0, 0.1) is 12.8 Å². The maximum absolute atomic E-state index is 6.20. The summed E-state index contributed by atoms with van der Waals surface area (Å²) in [6, 6.07) is 0. The Labute approximate surface area is 113 Å². The van der Waals surface area contributed by atoms with E-state index in [2.05, 4.69) is 10.00 Å². The van der Waals surface area contributed by atoms with Crippen LogP contribution in [0.2, 0.25) is 5.02 Å². The fourth-order valence-electron chi connectivity index (χ4n) is 1.73. The zero-order chi connectivity index (χ0) is 13.2. The molecule has 96 valence electrons. The molecule has 17 heavy (non-hydrogen) atoms. The average Bonchev–Trinajstić information content (AvgIpc) is 2.45. The number of halogens is 1. The molecule has 1 rings (SSSR count). The monoisotopic (exact) mass is 274 g/mol. The Hall–Kier alpha value is -0.650. The summed E-state index contributed by atoms with van der Waals surface area (Å²) in [5.74, 6) is 0.197. The normalized spacial score (nSPS) is 13.1. The van der Waals surface area contributed by atoms with Crippen LogP contribution in [-0.4, -0.2) is 33.3 Å². The molecule has 6 heteroatoms. The van der Waals surface area contributed by atoms with Crippen molar-refractivity contribution in [2.45, 2.75) is 20.4 Å². The molecule has 4 nitrogen and oxygen atoms in total. The molecule has 1 heterocycles. The van der Waals surface area contributed by atoms with E-state index < -0.39 is 0 Å².